The molecule has 2 amide bonds. The van der Waals surface area contributed by atoms with Crippen molar-refractivity contribution in [3.8, 4) is 5.75 Å². The molecule has 2 aromatic carbocycles. The second kappa shape index (κ2) is 10.7. The van der Waals surface area contributed by atoms with E-state index in [0.717, 1.165) is 19.6 Å². The Balaban J connectivity index is 2.04. The van der Waals surface area contributed by atoms with Crippen LogP contribution >= 0.6 is 11.6 Å². The van der Waals surface area contributed by atoms with E-state index in [9.17, 15) is 9.59 Å². The summed E-state index contributed by atoms with van der Waals surface area (Å²) in [5.41, 5.74) is 1.40. The molecule has 0 aliphatic carbocycles. The van der Waals surface area contributed by atoms with Crippen molar-refractivity contribution in [1.82, 2.24) is 10.2 Å². The maximum atomic E-state index is 12.5. The van der Waals surface area contributed by atoms with Crippen LogP contribution in [0.2, 0.25) is 5.02 Å². The van der Waals surface area contributed by atoms with Crippen molar-refractivity contribution in [1.29, 1.82) is 0 Å². The third-order valence-corrected chi connectivity index (χ3v) is 4.63. The monoisotopic (exact) mass is 403 g/mol. The van der Waals surface area contributed by atoms with Crippen LogP contribution < -0.4 is 15.4 Å². The molecule has 6 nitrogen and oxygen atoms in total. The molecule has 0 aliphatic heterocycles. The normalized spacial score (nSPS) is 10.6. The average molecular weight is 404 g/mol. The fraction of sp³-hybridized carbons (Fsp3) is 0.333. The first-order valence-corrected chi connectivity index (χ1v) is 9.61. The summed E-state index contributed by atoms with van der Waals surface area (Å²) in [5, 5.41) is 6.17. The van der Waals surface area contributed by atoms with Crippen molar-refractivity contribution in [2.45, 2.75) is 13.8 Å². The van der Waals surface area contributed by atoms with Gasteiger partial charge in [-0.05, 0) is 43.4 Å². The SMILES string of the molecule is CCN(CC)CCNC(=O)c1ccc(NC(=O)c2cccc(Cl)c2)cc1OC. The number of rotatable bonds is 9. The summed E-state index contributed by atoms with van der Waals surface area (Å²) in [7, 11) is 1.49. The third kappa shape index (κ3) is 5.97. The first-order valence-electron chi connectivity index (χ1n) is 9.24. The number of nitrogens with zero attached hydrogens (tertiary/aromatic N) is 1. The Morgan fingerprint density at radius 3 is 2.46 bits per heavy atom. The Hall–Kier alpha value is -2.57. The fourth-order valence-electron chi connectivity index (χ4n) is 2.75. The third-order valence-electron chi connectivity index (χ3n) is 4.40. The second-order valence-corrected chi connectivity index (χ2v) is 6.60. The Bertz CT molecular complexity index is 822. The highest BCUT2D eigenvalue weighted by atomic mass is 35.5. The maximum Gasteiger partial charge on any atom is 0.255 e. The van der Waals surface area contributed by atoms with E-state index in [0.29, 0.717) is 34.1 Å². The van der Waals surface area contributed by atoms with Gasteiger partial charge < -0.3 is 20.3 Å². The number of amides is 2. The predicted molar refractivity (Wildman–Crippen MR) is 113 cm³/mol. The Morgan fingerprint density at radius 2 is 1.82 bits per heavy atom. The van der Waals surface area contributed by atoms with E-state index in [-0.39, 0.29) is 11.8 Å². The summed E-state index contributed by atoms with van der Waals surface area (Å²) in [6.45, 7) is 7.40. The van der Waals surface area contributed by atoms with Gasteiger partial charge in [-0.2, -0.15) is 0 Å². The number of anilines is 1. The molecular formula is C21H26ClN3O3. The number of hydrogen-bond donors (Lipinski definition) is 2. The van der Waals surface area contributed by atoms with Gasteiger partial charge in [-0.15, -0.1) is 0 Å². The minimum atomic E-state index is -0.291. The van der Waals surface area contributed by atoms with Gasteiger partial charge in [-0.25, -0.2) is 0 Å². The van der Waals surface area contributed by atoms with Crippen LogP contribution in [0.5, 0.6) is 5.75 Å². The summed E-state index contributed by atoms with van der Waals surface area (Å²) in [6, 6.07) is 11.6. The number of nitrogens with one attached hydrogen (secondary N) is 2. The molecule has 0 spiro atoms. The smallest absolute Gasteiger partial charge is 0.255 e. The van der Waals surface area contributed by atoms with Crippen molar-refractivity contribution in [3.05, 3.63) is 58.6 Å². The second-order valence-electron chi connectivity index (χ2n) is 6.16. The quantitative estimate of drug-likeness (QED) is 0.670. The summed E-state index contributed by atoms with van der Waals surface area (Å²) in [4.78, 5) is 27.0. The molecule has 7 heteroatoms. The number of benzene rings is 2. The van der Waals surface area contributed by atoms with E-state index in [4.69, 9.17) is 16.3 Å². The number of ether oxygens (including phenoxy) is 1. The molecule has 0 atom stereocenters. The molecule has 0 bridgehead atoms. The molecule has 0 aromatic heterocycles. The number of halogens is 1. The largest absolute Gasteiger partial charge is 0.496 e. The maximum absolute atomic E-state index is 12.5. The molecule has 0 heterocycles. The number of carbonyl (C=O) groups excluding carboxylic acids is 2. The van der Waals surface area contributed by atoms with Crippen molar-refractivity contribution in [3.63, 3.8) is 0 Å². The molecular weight excluding hydrogens is 378 g/mol. The van der Waals surface area contributed by atoms with Gasteiger partial charge in [0.15, 0.2) is 0 Å². The van der Waals surface area contributed by atoms with Gasteiger partial charge in [-0.1, -0.05) is 31.5 Å². The van der Waals surface area contributed by atoms with Crippen LogP contribution in [0.15, 0.2) is 42.5 Å². The Kier molecular flexibility index (Phi) is 8.29. The minimum absolute atomic E-state index is 0.211. The molecule has 0 saturated carbocycles. The highest BCUT2D eigenvalue weighted by molar-refractivity contribution is 6.31. The lowest BCUT2D eigenvalue weighted by Gasteiger charge is -2.18. The first-order chi connectivity index (χ1) is 13.5. The van der Waals surface area contributed by atoms with E-state index >= 15 is 0 Å². The Morgan fingerprint density at radius 1 is 1.07 bits per heavy atom. The van der Waals surface area contributed by atoms with E-state index in [2.05, 4.69) is 29.4 Å². The highest BCUT2D eigenvalue weighted by Crippen LogP contribution is 2.24. The lowest BCUT2D eigenvalue weighted by Crippen LogP contribution is -2.34. The molecule has 2 N–H and O–H groups in total. The first kappa shape index (κ1) is 21.7. The van der Waals surface area contributed by atoms with Crippen molar-refractivity contribution in [2.24, 2.45) is 0 Å². The molecule has 2 aromatic rings. The zero-order valence-corrected chi connectivity index (χ0v) is 17.2. The summed E-state index contributed by atoms with van der Waals surface area (Å²) in [6.07, 6.45) is 0. The zero-order chi connectivity index (χ0) is 20.5. The lowest BCUT2D eigenvalue weighted by atomic mass is 10.1. The van der Waals surface area contributed by atoms with Gasteiger partial charge in [0.1, 0.15) is 5.75 Å². The molecule has 150 valence electrons. The number of likely N-dealkylation sites (N-methyl/N-ethyl adjacent to an activating group) is 1. The van der Waals surface area contributed by atoms with Crippen LogP contribution in [0, 0.1) is 0 Å². The van der Waals surface area contributed by atoms with E-state index < -0.39 is 0 Å². The van der Waals surface area contributed by atoms with Crippen LogP contribution in [-0.4, -0.2) is 50.0 Å². The van der Waals surface area contributed by atoms with Crippen molar-refractivity contribution >= 4 is 29.1 Å². The molecule has 0 radical (unpaired) electrons. The van der Waals surface area contributed by atoms with E-state index in [1.54, 1.807) is 42.5 Å². The summed E-state index contributed by atoms with van der Waals surface area (Å²) in [5.74, 6) is -0.109. The average Bonchev–Trinajstić information content (AvgIpc) is 2.71. The van der Waals surface area contributed by atoms with Crippen LogP contribution in [0.25, 0.3) is 0 Å². The fourth-order valence-corrected chi connectivity index (χ4v) is 2.94. The summed E-state index contributed by atoms with van der Waals surface area (Å²) < 4.78 is 5.34. The van der Waals surface area contributed by atoms with Crippen LogP contribution in [0.1, 0.15) is 34.6 Å². The van der Waals surface area contributed by atoms with Gasteiger partial charge in [0, 0.05) is 35.4 Å². The van der Waals surface area contributed by atoms with Crippen LogP contribution in [-0.2, 0) is 0 Å². The molecule has 28 heavy (non-hydrogen) atoms. The van der Waals surface area contributed by atoms with Crippen LogP contribution in [0.3, 0.4) is 0 Å². The van der Waals surface area contributed by atoms with Crippen LogP contribution in [0.4, 0.5) is 5.69 Å². The van der Waals surface area contributed by atoms with E-state index in [1.165, 1.54) is 7.11 Å². The number of hydrogen-bond acceptors (Lipinski definition) is 4. The van der Waals surface area contributed by atoms with Gasteiger partial charge in [0.25, 0.3) is 11.8 Å². The summed E-state index contributed by atoms with van der Waals surface area (Å²) >= 11 is 5.93. The van der Waals surface area contributed by atoms with Gasteiger partial charge >= 0.3 is 0 Å². The van der Waals surface area contributed by atoms with Crippen molar-refractivity contribution < 1.29 is 14.3 Å². The molecule has 2 rings (SSSR count). The highest BCUT2D eigenvalue weighted by Gasteiger charge is 2.14. The standard InChI is InChI=1S/C21H26ClN3O3/c1-4-25(5-2)12-11-23-21(27)18-10-9-17(14-19(18)28-3)24-20(26)15-7-6-8-16(22)13-15/h6-10,13-14H,4-5,11-12H2,1-3H3,(H,23,27)(H,24,26). The van der Waals surface area contributed by atoms with E-state index in [1.807, 2.05) is 0 Å². The molecule has 0 fully saturated rings. The number of carbonyl (C=O) groups is 2. The van der Waals surface area contributed by atoms with Crippen molar-refractivity contribution in [2.75, 3.05) is 38.6 Å². The molecule has 0 saturated heterocycles. The Labute approximate surface area is 170 Å². The topological polar surface area (TPSA) is 70.7 Å². The number of methoxy groups -OCH3 is 1. The van der Waals surface area contributed by atoms with Gasteiger partial charge in [-0.3, -0.25) is 9.59 Å². The van der Waals surface area contributed by atoms with Gasteiger partial charge in [0.2, 0.25) is 0 Å². The molecule has 0 unspecified atom stereocenters. The minimum Gasteiger partial charge on any atom is -0.496 e. The molecule has 0 aliphatic rings. The predicted octanol–water partition coefficient (Wildman–Crippen LogP) is 3.67. The lowest BCUT2D eigenvalue weighted by molar-refractivity contribution is 0.0945. The zero-order valence-electron chi connectivity index (χ0n) is 16.4. The van der Waals surface area contributed by atoms with Gasteiger partial charge in [0.05, 0.1) is 12.7 Å².